The van der Waals surface area contributed by atoms with Gasteiger partial charge in [-0.3, -0.25) is 9.59 Å². The summed E-state index contributed by atoms with van der Waals surface area (Å²) in [5.74, 6) is 0.0368. The molecule has 0 aromatic heterocycles. The van der Waals surface area contributed by atoms with E-state index in [-0.39, 0.29) is 24.3 Å². The van der Waals surface area contributed by atoms with Crippen molar-refractivity contribution < 1.29 is 14.3 Å². The van der Waals surface area contributed by atoms with Gasteiger partial charge in [0.05, 0.1) is 18.9 Å². The van der Waals surface area contributed by atoms with Crippen molar-refractivity contribution in [1.82, 2.24) is 5.01 Å². The molecule has 5 rings (SSSR count). The molecule has 2 unspecified atom stereocenters. The van der Waals surface area contributed by atoms with E-state index in [0.29, 0.717) is 28.0 Å². The highest BCUT2D eigenvalue weighted by Gasteiger charge is 2.39. The maximum Gasteiger partial charge on any atom is 0.262 e. The van der Waals surface area contributed by atoms with Gasteiger partial charge in [0.25, 0.3) is 5.91 Å². The van der Waals surface area contributed by atoms with E-state index in [0.717, 1.165) is 16.8 Å². The number of anilines is 1. The molecule has 0 spiro atoms. The van der Waals surface area contributed by atoms with Crippen molar-refractivity contribution in [3.63, 3.8) is 0 Å². The van der Waals surface area contributed by atoms with E-state index in [2.05, 4.69) is 10.3 Å². The number of benzene rings is 3. The maximum atomic E-state index is 12.8. The summed E-state index contributed by atoms with van der Waals surface area (Å²) in [5.41, 5.74) is 3.53. The molecule has 9 heteroatoms. The third kappa shape index (κ3) is 5.29. The number of halogens is 1. The first-order valence-electron chi connectivity index (χ1n) is 11.4. The summed E-state index contributed by atoms with van der Waals surface area (Å²) < 4.78 is 5.20. The minimum Gasteiger partial charge on any atom is -0.497 e. The Hall–Kier alpha value is -3.62. The molecule has 2 amide bonds. The van der Waals surface area contributed by atoms with Crippen molar-refractivity contribution in [2.75, 3.05) is 12.4 Å². The number of nitrogens with one attached hydrogen (secondary N) is 1. The number of rotatable bonds is 6. The van der Waals surface area contributed by atoms with Crippen LogP contribution in [-0.2, 0) is 9.59 Å². The van der Waals surface area contributed by atoms with Gasteiger partial charge in [-0.2, -0.15) is 10.1 Å². The molecule has 0 saturated heterocycles. The summed E-state index contributed by atoms with van der Waals surface area (Å²) in [5, 5.41) is 10.0. The molecule has 1 N–H and O–H groups in total. The van der Waals surface area contributed by atoms with Crippen LogP contribution in [0.5, 0.6) is 5.75 Å². The number of carbonyl (C=O) groups excluding carboxylic acids is 2. The molecule has 0 saturated carbocycles. The van der Waals surface area contributed by atoms with E-state index >= 15 is 0 Å². The summed E-state index contributed by atoms with van der Waals surface area (Å²) in [6.07, 6.45) is 0.658. The second-order valence-corrected chi connectivity index (χ2v) is 9.96. The number of hydrazone groups is 1. The molecule has 182 valence electrons. The van der Waals surface area contributed by atoms with Crippen LogP contribution in [0.25, 0.3) is 0 Å². The van der Waals surface area contributed by atoms with Gasteiger partial charge >= 0.3 is 0 Å². The maximum absolute atomic E-state index is 12.8. The number of hydrogen-bond acceptors (Lipinski definition) is 6. The third-order valence-corrected chi connectivity index (χ3v) is 7.32. The molecule has 2 heterocycles. The minimum absolute atomic E-state index is 0.00527. The topological polar surface area (TPSA) is 83.4 Å². The van der Waals surface area contributed by atoms with Crippen LogP contribution < -0.4 is 10.1 Å². The van der Waals surface area contributed by atoms with Crippen LogP contribution in [0.2, 0.25) is 5.02 Å². The number of aliphatic imine (C=N–C) groups is 1. The smallest absolute Gasteiger partial charge is 0.262 e. The lowest BCUT2D eigenvalue weighted by Gasteiger charge is -2.23. The number of nitrogens with zero attached hydrogens (tertiary/aromatic N) is 3. The Balaban J connectivity index is 1.33. The zero-order chi connectivity index (χ0) is 25.1. The summed E-state index contributed by atoms with van der Waals surface area (Å²) in [4.78, 5) is 29.7. The molecule has 36 heavy (non-hydrogen) atoms. The summed E-state index contributed by atoms with van der Waals surface area (Å²) in [7, 11) is 1.57. The molecule has 0 bridgehead atoms. The Bertz CT molecular complexity index is 1340. The van der Waals surface area contributed by atoms with Gasteiger partial charge < -0.3 is 10.1 Å². The monoisotopic (exact) mass is 518 g/mol. The fraction of sp³-hybridized carbons (Fsp3) is 0.185. The van der Waals surface area contributed by atoms with Crippen LogP contribution in [0.1, 0.15) is 30.0 Å². The predicted molar refractivity (Wildman–Crippen MR) is 144 cm³/mol. The lowest BCUT2D eigenvalue weighted by atomic mass is 9.99. The van der Waals surface area contributed by atoms with Gasteiger partial charge in [-0.25, -0.2) is 5.01 Å². The molecule has 7 nitrogen and oxygen atoms in total. The molecule has 3 aromatic carbocycles. The van der Waals surface area contributed by atoms with Crippen molar-refractivity contribution in [1.29, 1.82) is 0 Å². The number of ether oxygens (including phenoxy) is 1. The number of amidine groups is 1. The van der Waals surface area contributed by atoms with Gasteiger partial charge in [0, 0.05) is 29.6 Å². The second-order valence-electron chi connectivity index (χ2n) is 8.35. The Labute approximate surface area is 218 Å². The Morgan fingerprint density at radius 2 is 1.89 bits per heavy atom. The van der Waals surface area contributed by atoms with Crippen LogP contribution in [0.4, 0.5) is 5.69 Å². The van der Waals surface area contributed by atoms with Crippen LogP contribution in [0, 0.1) is 0 Å². The number of carbonyl (C=O) groups is 2. The largest absolute Gasteiger partial charge is 0.497 e. The first-order valence-corrected chi connectivity index (χ1v) is 12.7. The van der Waals surface area contributed by atoms with E-state index in [1.165, 1.54) is 11.8 Å². The molecular weight excluding hydrogens is 496 g/mol. The van der Waals surface area contributed by atoms with Crippen molar-refractivity contribution in [2.24, 2.45) is 10.1 Å². The highest BCUT2D eigenvalue weighted by molar-refractivity contribution is 8.15. The van der Waals surface area contributed by atoms with Gasteiger partial charge in [0.15, 0.2) is 5.17 Å². The Morgan fingerprint density at radius 1 is 1.11 bits per heavy atom. The molecule has 2 aliphatic rings. The van der Waals surface area contributed by atoms with Gasteiger partial charge in [-0.1, -0.05) is 71.9 Å². The SMILES string of the molecule is COc1cccc(NC(=O)CC2SC(N3N=C(c4ccc(Cl)cc4)CC3c3ccccc3)=NC2=O)c1. The van der Waals surface area contributed by atoms with E-state index in [1.807, 2.05) is 59.6 Å². The second kappa shape index (κ2) is 10.6. The summed E-state index contributed by atoms with van der Waals surface area (Å²) in [6.45, 7) is 0. The average Bonchev–Trinajstić information content (AvgIpc) is 3.49. The lowest BCUT2D eigenvalue weighted by molar-refractivity contribution is -0.121. The fourth-order valence-corrected chi connectivity index (χ4v) is 5.31. The van der Waals surface area contributed by atoms with Crippen LogP contribution >= 0.6 is 23.4 Å². The normalized spacial score (nSPS) is 19.2. The van der Waals surface area contributed by atoms with Gasteiger partial charge in [-0.05, 0) is 35.4 Å². The zero-order valence-electron chi connectivity index (χ0n) is 19.4. The van der Waals surface area contributed by atoms with Gasteiger partial charge in [0.2, 0.25) is 5.91 Å². The molecule has 0 aliphatic carbocycles. The zero-order valence-corrected chi connectivity index (χ0v) is 21.0. The number of amides is 2. The molecule has 0 radical (unpaired) electrons. The number of thioether (sulfide) groups is 1. The van der Waals surface area contributed by atoms with Gasteiger partial charge in [0.1, 0.15) is 11.0 Å². The van der Waals surface area contributed by atoms with Crippen molar-refractivity contribution in [3.05, 3.63) is 95.0 Å². The van der Waals surface area contributed by atoms with Crippen LogP contribution in [0.3, 0.4) is 0 Å². The van der Waals surface area contributed by atoms with Crippen LogP contribution in [0.15, 0.2) is 89.0 Å². The molecule has 3 aromatic rings. The molecular formula is C27H23ClN4O3S. The third-order valence-electron chi connectivity index (χ3n) is 5.92. The summed E-state index contributed by atoms with van der Waals surface area (Å²) >= 11 is 7.34. The minimum atomic E-state index is -0.614. The molecule has 2 aliphatic heterocycles. The number of methoxy groups -OCH3 is 1. The van der Waals surface area contributed by atoms with E-state index in [9.17, 15) is 9.59 Å². The quantitative estimate of drug-likeness (QED) is 0.464. The van der Waals surface area contributed by atoms with Crippen molar-refractivity contribution in [3.8, 4) is 5.75 Å². The Morgan fingerprint density at radius 3 is 2.64 bits per heavy atom. The highest BCUT2D eigenvalue weighted by Crippen LogP contribution is 2.38. The lowest BCUT2D eigenvalue weighted by Crippen LogP contribution is -2.25. The fourth-order valence-electron chi connectivity index (χ4n) is 4.12. The van der Waals surface area contributed by atoms with Crippen molar-refractivity contribution in [2.45, 2.75) is 24.1 Å². The molecule has 2 atom stereocenters. The van der Waals surface area contributed by atoms with E-state index in [1.54, 1.807) is 31.4 Å². The summed E-state index contributed by atoms with van der Waals surface area (Å²) in [6, 6.07) is 24.5. The van der Waals surface area contributed by atoms with Gasteiger partial charge in [-0.15, -0.1) is 0 Å². The average molecular weight is 519 g/mol. The predicted octanol–water partition coefficient (Wildman–Crippen LogP) is 5.53. The highest BCUT2D eigenvalue weighted by atomic mass is 35.5. The molecule has 0 fully saturated rings. The first-order chi connectivity index (χ1) is 17.5. The standard InChI is InChI=1S/C27H23ClN4O3S/c1-35-21-9-5-8-20(14-21)29-25(33)16-24-26(34)30-27(36-24)32-23(18-6-3-2-4-7-18)15-22(31-32)17-10-12-19(28)13-11-17/h2-14,23-24H,15-16H2,1H3,(H,29,33). The van der Waals surface area contributed by atoms with E-state index in [4.69, 9.17) is 21.4 Å². The van der Waals surface area contributed by atoms with Crippen molar-refractivity contribution >= 4 is 51.7 Å². The number of hydrogen-bond donors (Lipinski definition) is 1. The first kappa shape index (κ1) is 24.1. The Kier molecular flexibility index (Phi) is 7.06. The van der Waals surface area contributed by atoms with E-state index < -0.39 is 5.25 Å². The van der Waals surface area contributed by atoms with Crippen LogP contribution in [-0.4, -0.2) is 40.1 Å².